The second kappa shape index (κ2) is 6.17. The van der Waals surface area contributed by atoms with Crippen LogP contribution >= 0.6 is 0 Å². The van der Waals surface area contributed by atoms with E-state index in [9.17, 15) is 4.79 Å². The molecular formula is C16H15N5O. The van der Waals surface area contributed by atoms with E-state index in [2.05, 4.69) is 20.6 Å². The molecule has 1 aromatic carbocycles. The fourth-order valence-corrected chi connectivity index (χ4v) is 2.09. The first kappa shape index (κ1) is 13.9. The van der Waals surface area contributed by atoms with Crippen molar-refractivity contribution in [2.45, 2.75) is 6.42 Å². The van der Waals surface area contributed by atoms with E-state index in [1.54, 1.807) is 25.6 Å². The van der Waals surface area contributed by atoms with Gasteiger partial charge in [-0.15, -0.1) is 5.10 Å². The van der Waals surface area contributed by atoms with Crippen molar-refractivity contribution >= 4 is 11.6 Å². The van der Waals surface area contributed by atoms with Gasteiger partial charge >= 0.3 is 0 Å². The highest BCUT2D eigenvalue weighted by Gasteiger charge is 2.09. The van der Waals surface area contributed by atoms with Crippen LogP contribution in [0, 0.1) is 0 Å². The zero-order valence-electron chi connectivity index (χ0n) is 12.1. The van der Waals surface area contributed by atoms with Gasteiger partial charge < -0.3 is 5.32 Å². The van der Waals surface area contributed by atoms with Gasteiger partial charge in [-0.3, -0.25) is 14.5 Å². The van der Waals surface area contributed by atoms with Crippen molar-refractivity contribution in [2.24, 2.45) is 7.05 Å². The SMILES string of the molecule is Cn1cc(C(=O)Nc2ccc(Cc3ccncc3)cc2)nn1. The minimum absolute atomic E-state index is 0.269. The normalized spacial score (nSPS) is 10.4. The molecule has 110 valence electrons. The summed E-state index contributed by atoms with van der Waals surface area (Å²) in [6, 6.07) is 11.7. The van der Waals surface area contributed by atoms with Gasteiger partial charge in [0.25, 0.3) is 5.91 Å². The number of rotatable bonds is 4. The molecule has 0 aliphatic carbocycles. The molecule has 0 spiro atoms. The third kappa shape index (κ3) is 3.35. The number of aromatic nitrogens is 4. The van der Waals surface area contributed by atoms with E-state index in [1.807, 2.05) is 36.4 Å². The number of carbonyl (C=O) groups is 1. The van der Waals surface area contributed by atoms with Crippen LogP contribution in [-0.4, -0.2) is 25.9 Å². The van der Waals surface area contributed by atoms with Crippen LogP contribution in [0.1, 0.15) is 21.6 Å². The van der Waals surface area contributed by atoms with Crippen molar-refractivity contribution in [2.75, 3.05) is 5.32 Å². The van der Waals surface area contributed by atoms with Gasteiger partial charge in [0.05, 0.1) is 6.20 Å². The standard InChI is InChI=1S/C16H15N5O/c1-21-11-15(19-20-21)16(22)18-14-4-2-12(3-5-14)10-13-6-8-17-9-7-13/h2-9,11H,10H2,1H3,(H,18,22). The van der Waals surface area contributed by atoms with Crippen LogP contribution in [0.2, 0.25) is 0 Å². The van der Waals surface area contributed by atoms with Crippen molar-refractivity contribution < 1.29 is 4.79 Å². The van der Waals surface area contributed by atoms with Crippen LogP contribution < -0.4 is 5.32 Å². The number of amides is 1. The highest BCUT2D eigenvalue weighted by molar-refractivity contribution is 6.02. The van der Waals surface area contributed by atoms with Gasteiger partial charge in [0.15, 0.2) is 5.69 Å². The smallest absolute Gasteiger partial charge is 0.277 e. The van der Waals surface area contributed by atoms with Crippen LogP contribution in [-0.2, 0) is 13.5 Å². The van der Waals surface area contributed by atoms with Crippen molar-refractivity contribution in [1.29, 1.82) is 0 Å². The first-order valence-electron chi connectivity index (χ1n) is 6.86. The zero-order chi connectivity index (χ0) is 15.4. The summed E-state index contributed by atoms with van der Waals surface area (Å²) < 4.78 is 1.49. The third-order valence-electron chi connectivity index (χ3n) is 3.20. The molecule has 1 amide bonds. The van der Waals surface area contributed by atoms with Gasteiger partial charge in [0, 0.05) is 25.1 Å². The summed E-state index contributed by atoms with van der Waals surface area (Å²) in [6.07, 6.45) is 5.98. The monoisotopic (exact) mass is 293 g/mol. The summed E-state index contributed by atoms with van der Waals surface area (Å²) >= 11 is 0. The average Bonchev–Trinajstić information content (AvgIpc) is 2.97. The van der Waals surface area contributed by atoms with E-state index in [-0.39, 0.29) is 5.91 Å². The van der Waals surface area contributed by atoms with Crippen molar-refractivity contribution in [3.05, 3.63) is 71.8 Å². The number of carbonyl (C=O) groups excluding carboxylic acids is 1. The molecule has 2 aromatic heterocycles. The molecule has 0 saturated carbocycles. The van der Waals surface area contributed by atoms with Gasteiger partial charge in [0.1, 0.15) is 0 Å². The third-order valence-corrected chi connectivity index (χ3v) is 3.20. The first-order chi connectivity index (χ1) is 10.7. The summed E-state index contributed by atoms with van der Waals surface area (Å²) in [5.74, 6) is -0.269. The highest BCUT2D eigenvalue weighted by atomic mass is 16.2. The van der Waals surface area contributed by atoms with Crippen LogP contribution in [0.3, 0.4) is 0 Å². The Bertz CT molecular complexity index is 765. The maximum atomic E-state index is 12.0. The number of hydrogen-bond donors (Lipinski definition) is 1. The number of pyridine rings is 1. The molecule has 6 heteroatoms. The van der Waals surface area contributed by atoms with E-state index >= 15 is 0 Å². The first-order valence-corrected chi connectivity index (χ1v) is 6.86. The lowest BCUT2D eigenvalue weighted by molar-refractivity contribution is 0.102. The van der Waals surface area contributed by atoms with Gasteiger partial charge in [0.2, 0.25) is 0 Å². The molecule has 0 atom stereocenters. The Morgan fingerprint density at radius 1 is 1.09 bits per heavy atom. The number of nitrogens with zero attached hydrogens (tertiary/aromatic N) is 4. The average molecular weight is 293 g/mol. The molecule has 3 rings (SSSR count). The predicted octanol–water partition coefficient (Wildman–Crippen LogP) is 2.05. The van der Waals surface area contributed by atoms with Crippen molar-refractivity contribution in [3.63, 3.8) is 0 Å². The lowest BCUT2D eigenvalue weighted by atomic mass is 10.1. The molecular weight excluding hydrogens is 278 g/mol. The number of hydrogen-bond acceptors (Lipinski definition) is 4. The Morgan fingerprint density at radius 3 is 2.41 bits per heavy atom. The second-order valence-corrected chi connectivity index (χ2v) is 4.96. The quantitative estimate of drug-likeness (QED) is 0.799. The van der Waals surface area contributed by atoms with Crippen LogP contribution in [0.5, 0.6) is 0 Å². The van der Waals surface area contributed by atoms with Gasteiger partial charge in [-0.25, -0.2) is 0 Å². The molecule has 0 saturated heterocycles. The highest BCUT2D eigenvalue weighted by Crippen LogP contribution is 2.14. The number of benzene rings is 1. The zero-order valence-corrected chi connectivity index (χ0v) is 12.1. The van der Waals surface area contributed by atoms with E-state index in [0.717, 1.165) is 12.1 Å². The van der Waals surface area contributed by atoms with Crippen LogP contribution in [0.25, 0.3) is 0 Å². The van der Waals surface area contributed by atoms with E-state index in [0.29, 0.717) is 5.69 Å². The van der Waals surface area contributed by atoms with Gasteiger partial charge in [-0.1, -0.05) is 17.3 Å². The Kier molecular flexibility index (Phi) is 3.91. The molecule has 0 radical (unpaired) electrons. The van der Waals surface area contributed by atoms with E-state index in [1.165, 1.54) is 15.8 Å². The van der Waals surface area contributed by atoms with Crippen molar-refractivity contribution in [3.8, 4) is 0 Å². The molecule has 6 nitrogen and oxygen atoms in total. The van der Waals surface area contributed by atoms with E-state index in [4.69, 9.17) is 0 Å². The summed E-state index contributed by atoms with van der Waals surface area (Å²) in [7, 11) is 1.72. The Morgan fingerprint density at radius 2 is 1.77 bits per heavy atom. The summed E-state index contributed by atoms with van der Waals surface area (Å²) in [6.45, 7) is 0. The summed E-state index contributed by atoms with van der Waals surface area (Å²) in [4.78, 5) is 16.0. The van der Waals surface area contributed by atoms with Crippen LogP contribution in [0.15, 0.2) is 55.0 Å². The molecule has 2 heterocycles. The predicted molar refractivity (Wildman–Crippen MR) is 82.4 cm³/mol. The molecule has 1 N–H and O–H groups in total. The Labute approximate surface area is 127 Å². The van der Waals surface area contributed by atoms with Gasteiger partial charge in [-0.2, -0.15) is 0 Å². The fourth-order valence-electron chi connectivity index (χ4n) is 2.09. The lowest BCUT2D eigenvalue weighted by Gasteiger charge is -2.05. The topological polar surface area (TPSA) is 72.7 Å². The fraction of sp³-hybridized carbons (Fsp3) is 0.125. The van der Waals surface area contributed by atoms with Gasteiger partial charge in [-0.05, 0) is 41.8 Å². The maximum absolute atomic E-state index is 12.0. The molecule has 0 bridgehead atoms. The second-order valence-electron chi connectivity index (χ2n) is 4.96. The Balaban J connectivity index is 1.65. The minimum atomic E-state index is -0.269. The number of nitrogens with one attached hydrogen (secondary N) is 1. The lowest BCUT2D eigenvalue weighted by Crippen LogP contribution is -2.12. The molecule has 0 fully saturated rings. The molecule has 3 aromatic rings. The van der Waals surface area contributed by atoms with Crippen LogP contribution in [0.4, 0.5) is 5.69 Å². The maximum Gasteiger partial charge on any atom is 0.277 e. The molecule has 0 aliphatic rings. The summed E-state index contributed by atoms with van der Waals surface area (Å²) in [5, 5.41) is 10.3. The molecule has 0 unspecified atom stereocenters. The largest absolute Gasteiger partial charge is 0.321 e. The minimum Gasteiger partial charge on any atom is -0.321 e. The van der Waals surface area contributed by atoms with E-state index < -0.39 is 0 Å². The summed E-state index contributed by atoms with van der Waals surface area (Å²) in [5.41, 5.74) is 3.40. The Hall–Kier alpha value is -3.02. The molecule has 22 heavy (non-hydrogen) atoms. The number of anilines is 1. The number of aryl methyl sites for hydroxylation is 1. The molecule has 0 aliphatic heterocycles. The van der Waals surface area contributed by atoms with Crippen molar-refractivity contribution in [1.82, 2.24) is 20.0 Å².